The molecule has 0 spiro atoms. The van der Waals surface area contributed by atoms with E-state index in [2.05, 4.69) is 20.5 Å². The number of carbonyl (C=O) groups excluding carboxylic acids is 1. The van der Waals surface area contributed by atoms with Crippen LogP contribution in [-0.2, 0) is 13.6 Å². The molecule has 0 fully saturated rings. The molecular weight excluding hydrogens is 318 g/mol. The molecule has 22 heavy (non-hydrogen) atoms. The van der Waals surface area contributed by atoms with E-state index in [-0.39, 0.29) is 10.8 Å². The summed E-state index contributed by atoms with van der Waals surface area (Å²) >= 11 is 5.79. The lowest BCUT2D eigenvalue weighted by Crippen LogP contribution is -2.28. The minimum absolute atomic E-state index is 0.0228. The van der Waals surface area contributed by atoms with Gasteiger partial charge < -0.3 is 15.4 Å². The Balaban J connectivity index is 1.89. The van der Waals surface area contributed by atoms with Gasteiger partial charge in [0.1, 0.15) is 5.75 Å². The molecule has 0 saturated heterocycles. The Labute approximate surface area is 130 Å². The van der Waals surface area contributed by atoms with Crippen LogP contribution in [0.15, 0.2) is 30.6 Å². The number of nitrogens with one attached hydrogen (secondary N) is 2. The summed E-state index contributed by atoms with van der Waals surface area (Å²) < 4.78 is 30.0. The SMILES string of the molecule is Cn1cc(CNC(=O)Nc2ccc(OC(F)F)c(Cl)c2)cn1. The number of hydrogen-bond acceptors (Lipinski definition) is 3. The fraction of sp³-hybridized carbons (Fsp3) is 0.231. The molecule has 9 heteroatoms. The Morgan fingerprint density at radius 1 is 1.50 bits per heavy atom. The van der Waals surface area contributed by atoms with E-state index in [4.69, 9.17) is 11.6 Å². The van der Waals surface area contributed by atoms with Crippen molar-refractivity contribution in [1.82, 2.24) is 15.1 Å². The maximum atomic E-state index is 12.1. The second-order valence-electron chi connectivity index (χ2n) is 4.35. The van der Waals surface area contributed by atoms with E-state index < -0.39 is 12.6 Å². The van der Waals surface area contributed by atoms with E-state index in [1.54, 1.807) is 24.1 Å². The van der Waals surface area contributed by atoms with Crippen molar-refractivity contribution in [2.24, 2.45) is 7.05 Å². The summed E-state index contributed by atoms with van der Waals surface area (Å²) in [4.78, 5) is 11.7. The smallest absolute Gasteiger partial charge is 0.387 e. The first-order valence-corrected chi connectivity index (χ1v) is 6.58. The molecule has 1 aromatic heterocycles. The molecule has 2 rings (SSSR count). The van der Waals surface area contributed by atoms with Gasteiger partial charge in [0, 0.05) is 31.0 Å². The molecule has 0 unspecified atom stereocenters. The molecule has 0 aliphatic rings. The third-order valence-corrected chi connectivity index (χ3v) is 2.91. The van der Waals surface area contributed by atoms with Crippen LogP contribution in [0.5, 0.6) is 5.75 Å². The zero-order valence-electron chi connectivity index (χ0n) is 11.5. The van der Waals surface area contributed by atoms with E-state index >= 15 is 0 Å². The fourth-order valence-electron chi connectivity index (χ4n) is 1.69. The highest BCUT2D eigenvalue weighted by Crippen LogP contribution is 2.28. The van der Waals surface area contributed by atoms with Gasteiger partial charge in [0.05, 0.1) is 11.2 Å². The van der Waals surface area contributed by atoms with Crippen molar-refractivity contribution in [3.05, 3.63) is 41.2 Å². The van der Waals surface area contributed by atoms with Crippen LogP contribution in [0.2, 0.25) is 5.02 Å². The first-order chi connectivity index (χ1) is 10.4. The molecule has 0 saturated carbocycles. The molecule has 2 aromatic rings. The highest BCUT2D eigenvalue weighted by Gasteiger charge is 2.10. The number of ether oxygens (including phenoxy) is 1. The minimum Gasteiger partial charge on any atom is -0.433 e. The topological polar surface area (TPSA) is 68.2 Å². The highest BCUT2D eigenvalue weighted by atomic mass is 35.5. The van der Waals surface area contributed by atoms with Crippen LogP contribution in [0.4, 0.5) is 19.3 Å². The van der Waals surface area contributed by atoms with Crippen LogP contribution in [0, 0.1) is 0 Å². The third kappa shape index (κ3) is 4.59. The minimum atomic E-state index is -2.96. The fourth-order valence-corrected chi connectivity index (χ4v) is 1.92. The first kappa shape index (κ1) is 16.0. The summed E-state index contributed by atoms with van der Waals surface area (Å²) in [5.41, 5.74) is 1.20. The van der Waals surface area contributed by atoms with Gasteiger partial charge in [-0.2, -0.15) is 13.9 Å². The maximum absolute atomic E-state index is 12.1. The lowest BCUT2D eigenvalue weighted by Gasteiger charge is -2.10. The molecule has 118 valence electrons. The third-order valence-electron chi connectivity index (χ3n) is 2.62. The van der Waals surface area contributed by atoms with Crippen molar-refractivity contribution in [2.75, 3.05) is 5.32 Å². The molecule has 0 aliphatic heterocycles. The summed E-state index contributed by atoms with van der Waals surface area (Å²) in [7, 11) is 1.77. The van der Waals surface area contributed by atoms with Crippen LogP contribution < -0.4 is 15.4 Å². The predicted octanol–water partition coefficient (Wildman–Crippen LogP) is 3.00. The van der Waals surface area contributed by atoms with Crippen molar-refractivity contribution in [3.8, 4) is 5.75 Å². The lowest BCUT2D eigenvalue weighted by atomic mass is 10.3. The molecule has 0 bridgehead atoms. The summed E-state index contributed by atoms with van der Waals surface area (Å²) in [6.45, 7) is -2.65. The van der Waals surface area contributed by atoms with Crippen LogP contribution in [-0.4, -0.2) is 22.4 Å². The second kappa shape index (κ2) is 7.08. The molecule has 2 amide bonds. The summed E-state index contributed by atoms with van der Waals surface area (Å²) in [5.74, 6) is -0.155. The Morgan fingerprint density at radius 3 is 2.86 bits per heavy atom. The highest BCUT2D eigenvalue weighted by molar-refractivity contribution is 6.32. The van der Waals surface area contributed by atoms with E-state index in [0.29, 0.717) is 12.2 Å². The van der Waals surface area contributed by atoms with Gasteiger partial charge in [-0.05, 0) is 18.2 Å². The van der Waals surface area contributed by atoms with E-state index in [1.165, 1.54) is 18.2 Å². The number of aromatic nitrogens is 2. The second-order valence-corrected chi connectivity index (χ2v) is 4.76. The molecule has 6 nitrogen and oxygen atoms in total. The van der Waals surface area contributed by atoms with Crippen molar-refractivity contribution in [1.29, 1.82) is 0 Å². The molecule has 0 radical (unpaired) electrons. The molecular formula is C13H13ClF2N4O2. The van der Waals surface area contributed by atoms with Crippen molar-refractivity contribution >= 4 is 23.3 Å². The number of halogens is 3. The molecule has 0 atom stereocenters. The molecule has 1 heterocycles. The Morgan fingerprint density at radius 2 is 2.27 bits per heavy atom. The lowest BCUT2D eigenvalue weighted by molar-refractivity contribution is -0.0497. The number of aryl methyl sites for hydroxylation is 1. The summed E-state index contributed by atoms with van der Waals surface area (Å²) in [6, 6.07) is 3.53. The van der Waals surface area contributed by atoms with Crippen LogP contribution in [0.3, 0.4) is 0 Å². The average Bonchev–Trinajstić information content (AvgIpc) is 2.85. The number of nitrogens with zero attached hydrogens (tertiary/aromatic N) is 2. The number of carbonyl (C=O) groups is 1. The number of hydrogen-bond donors (Lipinski definition) is 2. The van der Waals surface area contributed by atoms with Gasteiger partial charge in [-0.3, -0.25) is 4.68 Å². The van der Waals surface area contributed by atoms with Crippen molar-refractivity contribution in [3.63, 3.8) is 0 Å². The number of alkyl halides is 2. The van der Waals surface area contributed by atoms with Gasteiger partial charge in [-0.15, -0.1) is 0 Å². The first-order valence-electron chi connectivity index (χ1n) is 6.21. The number of rotatable bonds is 5. The van der Waals surface area contributed by atoms with Crippen molar-refractivity contribution < 1.29 is 18.3 Å². The predicted molar refractivity (Wildman–Crippen MR) is 77.2 cm³/mol. The maximum Gasteiger partial charge on any atom is 0.387 e. The molecule has 1 aromatic carbocycles. The normalized spacial score (nSPS) is 10.6. The number of amides is 2. The average molecular weight is 331 g/mol. The largest absolute Gasteiger partial charge is 0.433 e. The van der Waals surface area contributed by atoms with Crippen LogP contribution >= 0.6 is 11.6 Å². The van der Waals surface area contributed by atoms with Crippen LogP contribution in [0.1, 0.15) is 5.56 Å². The van der Waals surface area contributed by atoms with Gasteiger partial charge in [0.2, 0.25) is 0 Å². The Kier molecular flexibility index (Phi) is 5.16. The van der Waals surface area contributed by atoms with E-state index in [9.17, 15) is 13.6 Å². The van der Waals surface area contributed by atoms with E-state index in [1.807, 2.05) is 0 Å². The van der Waals surface area contributed by atoms with Crippen molar-refractivity contribution in [2.45, 2.75) is 13.2 Å². The number of anilines is 1. The number of urea groups is 1. The van der Waals surface area contributed by atoms with Gasteiger partial charge >= 0.3 is 12.6 Å². The Hall–Kier alpha value is -2.35. The molecule has 0 aliphatic carbocycles. The van der Waals surface area contributed by atoms with E-state index in [0.717, 1.165) is 5.56 Å². The zero-order chi connectivity index (χ0) is 16.1. The summed E-state index contributed by atoms with van der Waals surface area (Å²) in [5, 5.41) is 9.12. The van der Waals surface area contributed by atoms with Gasteiger partial charge in [0.25, 0.3) is 0 Å². The standard InChI is InChI=1S/C13H13ClF2N4O2/c1-20-7-8(6-18-20)5-17-13(21)19-9-2-3-11(10(14)4-9)22-12(15)16/h2-4,6-7,12H,5H2,1H3,(H2,17,19,21). The van der Waals surface area contributed by atoms with Gasteiger partial charge in [0.15, 0.2) is 0 Å². The quantitative estimate of drug-likeness (QED) is 0.885. The van der Waals surface area contributed by atoms with Gasteiger partial charge in [-0.25, -0.2) is 4.79 Å². The summed E-state index contributed by atoms with van der Waals surface area (Å²) in [6.07, 6.45) is 3.40. The van der Waals surface area contributed by atoms with Crippen LogP contribution in [0.25, 0.3) is 0 Å². The molecule has 2 N–H and O–H groups in total. The monoisotopic (exact) mass is 330 g/mol. The zero-order valence-corrected chi connectivity index (χ0v) is 12.3. The number of benzene rings is 1. The Bertz CT molecular complexity index is 663. The van der Waals surface area contributed by atoms with Gasteiger partial charge in [-0.1, -0.05) is 11.6 Å².